The van der Waals surface area contributed by atoms with Gasteiger partial charge in [0, 0.05) is 14.5 Å². The predicted molar refractivity (Wildman–Crippen MR) is 82.0 cm³/mol. The van der Waals surface area contributed by atoms with Crippen molar-refractivity contribution in [3.8, 4) is 0 Å². The van der Waals surface area contributed by atoms with E-state index in [1.165, 1.54) is 3.57 Å². The van der Waals surface area contributed by atoms with Gasteiger partial charge in [0.1, 0.15) is 0 Å². The maximum Gasteiger partial charge on any atom is 0.0830 e. The molecule has 0 aliphatic carbocycles. The van der Waals surface area contributed by atoms with Gasteiger partial charge >= 0.3 is 0 Å². The molecule has 0 amide bonds. The van der Waals surface area contributed by atoms with Crippen LogP contribution in [-0.2, 0) is 6.42 Å². The van der Waals surface area contributed by atoms with Crippen molar-refractivity contribution >= 4 is 38.5 Å². The first-order valence-electron chi connectivity index (χ1n) is 5.33. The molecule has 1 atom stereocenters. The van der Waals surface area contributed by atoms with Gasteiger partial charge < -0.3 is 5.11 Å². The van der Waals surface area contributed by atoms with Crippen LogP contribution in [0.5, 0.6) is 0 Å². The van der Waals surface area contributed by atoms with Gasteiger partial charge in [0.2, 0.25) is 0 Å². The van der Waals surface area contributed by atoms with Crippen LogP contribution in [0, 0.1) is 3.57 Å². The van der Waals surface area contributed by atoms with E-state index in [1.807, 2.05) is 24.3 Å². The molecule has 0 saturated carbocycles. The fourth-order valence-electron chi connectivity index (χ4n) is 1.68. The van der Waals surface area contributed by atoms with E-state index < -0.39 is 6.10 Å². The Morgan fingerprint density at radius 1 is 1.12 bits per heavy atom. The van der Waals surface area contributed by atoms with E-state index in [9.17, 15) is 5.11 Å². The second-order valence-corrected chi connectivity index (χ2v) is 6.06. The summed E-state index contributed by atoms with van der Waals surface area (Å²) in [5, 5.41) is 10.1. The van der Waals surface area contributed by atoms with Crippen molar-refractivity contribution in [2.45, 2.75) is 12.5 Å². The summed E-state index contributed by atoms with van der Waals surface area (Å²) in [6.45, 7) is 0. The number of benzene rings is 2. The lowest BCUT2D eigenvalue weighted by Gasteiger charge is -2.11. The summed E-state index contributed by atoms with van der Waals surface area (Å²) in [4.78, 5) is 0. The van der Waals surface area contributed by atoms with Crippen LogP contribution in [0.1, 0.15) is 17.2 Å². The van der Waals surface area contributed by atoms with Crippen molar-refractivity contribution in [3.63, 3.8) is 0 Å². The minimum atomic E-state index is -0.451. The molecule has 2 rings (SSSR count). The Balaban J connectivity index is 2.11. The summed E-state index contributed by atoms with van der Waals surface area (Å²) in [7, 11) is 0. The highest BCUT2D eigenvalue weighted by molar-refractivity contribution is 14.1. The van der Waals surface area contributed by atoms with Crippen LogP contribution in [0.4, 0.5) is 0 Å². The first kappa shape index (κ1) is 13.1. The first-order valence-corrected chi connectivity index (χ1v) is 7.20. The predicted octanol–water partition coefficient (Wildman–Crippen LogP) is 4.33. The van der Waals surface area contributed by atoms with Gasteiger partial charge in [-0.1, -0.05) is 40.2 Å². The minimum Gasteiger partial charge on any atom is -0.388 e. The molecule has 0 spiro atoms. The molecular formula is C14H12BrIO. The van der Waals surface area contributed by atoms with Gasteiger partial charge in [0.05, 0.1) is 6.10 Å². The topological polar surface area (TPSA) is 20.2 Å². The van der Waals surface area contributed by atoms with Gasteiger partial charge in [0.15, 0.2) is 0 Å². The van der Waals surface area contributed by atoms with Crippen LogP contribution in [0.25, 0.3) is 0 Å². The Hall–Kier alpha value is -0.390. The van der Waals surface area contributed by atoms with E-state index >= 15 is 0 Å². The zero-order chi connectivity index (χ0) is 12.3. The SMILES string of the molecule is OC(Cc1ccc(I)cc1)c1cccc(Br)c1. The lowest BCUT2D eigenvalue weighted by Crippen LogP contribution is -2.01. The van der Waals surface area contributed by atoms with Gasteiger partial charge in [-0.2, -0.15) is 0 Å². The molecular weight excluding hydrogens is 391 g/mol. The third-order valence-corrected chi connectivity index (χ3v) is 3.79. The van der Waals surface area contributed by atoms with E-state index in [-0.39, 0.29) is 0 Å². The Labute approximate surface area is 123 Å². The van der Waals surface area contributed by atoms with Gasteiger partial charge in [-0.25, -0.2) is 0 Å². The molecule has 88 valence electrons. The Morgan fingerprint density at radius 2 is 1.82 bits per heavy atom. The van der Waals surface area contributed by atoms with Crippen LogP contribution in [0.2, 0.25) is 0 Å². The highest BCUT2D eigenvalue weighted by Gasteiger charge is 2.08. The minimum absolute atomic E-state index is 0.451. The molecule has 1 N–H and O–H groups in total. The maximum absolute atomic E-state index is 10.1. The van der Waals surface area contributed by atoms with Crippen molar-refractivity contribution in [2.75, 3.05) is 0 Å². The van der Waals surface area contributed by atoms with Crippen LogP contribution in [0.3, 0.4) is 0 Å². The summed E-state index contributed by atoms with van der Waals surface area (Å²) in [6, 6.07) is 16.0. The zero-order valence-electron chi connectivity index (χ0n) is 9.11. The first-order chi connectivity index (χ1) is 8.15. The van der Waals surface area contributed by atoms with E-state index in [0.717, 1.165) is 15.6 Å². The largest absolute Gasteiger partial charge is 0.388 e. The van der Waals surface area contributed by atoms with E-state index in [4.69, 9.17) is 0 Å². The lowest BCUT2D eigenvalue weighted by molar-refractivity contribution is 0.178. The average Bonchev–Trinajstić information content (AvgIpc) is 2.32. The quantitative estimate of drug-likeness (QED) is 0.757. The van der Waals surface area contributed by atoms with Crippen molar-refractivity contribution in [1.82, 2.24) is 0 Å². The molecule has 0 saturated heterocycles. The summed E-state index contributed by atoms with van der Waals surface area (Å²) < 4.78 is 2.21. The van der Waals surface area contributed by atoms with Crippen LogP contribution < -0.4 is 0 Å². The van der Waals surface area contributed by atoms with Crippen LogP contribution >= 0.6 is 38.5 Å². The van der Waals surface area contributed by atoms with Crippen molar-refractivity contribution in [2.24, 2.45) is 0 Å². The molecule has 0 bridgehead atoms. The summed E-state index contributed by atoms with van der Waals surface area (Å²) in [5.41, 5.74) is 2.09. The number of aliphatic hydroxyl groups is 1. The highest BCUT2D eigenvalue weighted by atomic mass is 127. The van der Waals surface area contributed by atoms with E-state index in [1.54, 1.807) is 0 Å². The van der Waals surface area contributed by atoms with Crippen LogP contribution in [0.15, 0.2) is 53.0 Å². The summed E-state index contributed by atoms with van der Waals surface area (Å²) in [5.74, 6) is 0. The molecule has 0 aliphatic rings. The van der Waals surface area contributed by atoms with Gasteiger partial charge in [-0.3, -0.25) is 0 Å². The van der Waals surface area contributed by atoms with Crippen molar-refractivity contribution in [1.29, 1.82) is 0 Å². The lowest BCUT2D eigenvalue weighted by atomic mass is 10.0. The number of aliphatic hydroxyl groups excluding tert-OH is 1. The zero-order valence-corrected chi connectivity index (χ0v) is 12.8. The summed E-state index contributed by atoms with van der Waals surface area (Å²) >= 11 is 5.69. The number of hydrogen-bond acceptors (Lipinski definition) is 1. The molecule has 0 aliphatic heterocycles. The number of rotatable bonds is 3. The molecule has 1 unspecified atom stereocenters. The Bertz CT molecular complexity index is 496. The third-order valence-electron chi connectivity index (χ3n) is 2.58. The molecule has 0 heterocycles. The average molecular weight is 403 g/mol. The molecule has 2 aromatic carbocycles. The van der Waals surface area contributed by atoms with E-state index in [2.05, 4.69) is 62.8 Å². The molecule has 1 nitrogen and oxygen atoms in total. The molecule has 3 heteroatoms. The second kappa shape index (κ2) is 5.98. The molecule has 0 aromatic heterocycles. The highest BCUT2D eigenvalue weighted by Crippen LogP contribution is 2.21. The van der Waals surface area contributed by atoms with Gasteiger partial charge in [-0.05, 0) is 58.0 Å². The van der Waals surface area contributed by atoms with Crippen molar-refractivity contribution < 1.29 is 5.11 Å². The van der Waals surface area contributed by atoms with Gasteiger partial charge in [0.25, 0.3) is 0 Å². The third kappa shape index (κ3) is 3.79. The Kier molecular flexibility index (Phi) is 4.59. The fraction of sp³-hybridized carbons (Fsp3) is 0.143. The maximum atomic E-state index is 10.1. The molecule has 0 fully saturated rings. The molecule has 2 aromatic rings. The smallest absolute Gasteiger partial charge is 0.0830 e. The second-order valence-electron chi connectivity index (χ2n) is 3.90. The van der Waals surface area contributed by atoms with Gasteiger partial charge in [-0.15, -0.1) is 0 Å². The van der Waals surface area contributed by atoms with Crippen molar-refractivity contribution in [3.05, 3.63) is 67.7 Å². The van der Waals surface area contributed by atoms with E-state index in [0.29, 0.717) is 6.42 Å². The number of hydrogen-bond donors (Lipinski definition) is 1. The van der Waals surface area contributed by atoms with Crippen LogP contribution in [-0.4, -0.2) is 5.11 Å². The fourth-order valence-corrected chi connectivity index (χ4v) is 2.45. The molecule has 17 heavy (non-hydrogen) atoms. The monoisotopic (exact) mass is 402 g/mol. The summed E-state index contributed by atoms with van der Waals surface area (Å²) in [6.07, 6.45) is 0.195. The number of halogens is 2. The molecule has 0 radical (unpaired) electrons. The normalized spacial score (nSPS) is 12.4. The standard InChI is InChI=1S/C14H12BrIO/c15-12-3-1-2-11(9-12)14(17)8-10-4-6-13(16)7-5-10/h1-7,9,14,17H,8H2. The Morgan fingerprint density at radius 3 is 2.47 bits per heavy atom.